The van der Waals surface area contributed by atoms with Crippen molar-refractivity contribution in [2.24, 2.45) is 0 Å². The van der Waals surface area contributed by atoms with Gasteiger partial charge in [0.1, 0.15) is 5.75 Å². The van der Waals surface area contributed by atoms with Gasteiger partial charge in [-0.05, 0) is 42.0 Å². The Morgan fingerprint density at radius 1 is 1.06 bits per heavy atom. The quantitative estimate of drug-likeness (QED) is 0.432. The van der Waals surface area contributed by atoms with Gasteiger partial charge in [-0.3, -0.25) is 9.59 Å². The molecule has 0 saturated carbocycles. The number of hydrogen-bond donors (Lipinski definition) is 1. The van der Waals surface area contributed by atoms with E-state index in [1.807, 2.05) is 30.3 Å². The highest BCUT2D eigenvalue weighted by Crippen LogP contribution is 2.45. The molecule has 4 rings (SSSR count). The van der Waals surface area contributed by atoms with Crippen molar-refractivity contribution < 1.29 is 19.4 Å². The summed E-state index contributed by atoms with van der Waals surface area (Å²) in [7, 11) is 1.52. The standard InChI is InChI=1S/C24H19Br2NO4/c1-31-18-7-4-6-15(11-18)22(28)13-24(30)19-12-17(25)9-10-21(19)27(23(24)29)14-16-5-2-3-8-20(16)26/h2-12,30H,13-14H2,1H3. The minimum absolute atomic E-state index is 0.268. The number of amides is 1. The van der Waals surface area contributed by atoms with Crippen LogP contribution >= 0.6 is 31.9 Å². The van der Waals surface area contributed by atoms with Crippen LogP contribution in [0, 0.1) is 0 Å². The van der Waals surface area contributed by atoms with Crippen molar-refractivity contribution in [2.45, 2.75) is 18.6 Å². The number of nitrogens with zero attached hydrogens (tertiary/aromatic N) is 1. The van der Waals surface area contributed by atoms with Gasteiger partial charge in [0, 0.05) is 20.1 Å². The van der Waals surface area contributed by atoms with Gasteiger partial charge < -0.3 is 14.7 Å². The number of hydrogen-bond acceptors (Lipinski definition) is 4. The lowest BCUT2D eigenvalue weighted by Crippen LogP contribution is -2.41. The molecule has 158 valence electrons. The van der Waals surface area contributed by atoms with Crippen LogP contribution in [0.3, 0.4) is 0 Å². The molecule has 0 aliphatic carbocycles. The monoisotopic (exact) mass is 543 g/mol. The van der Waals surface area contributed by atoms with Crippen LogP contribution in [0.4, 0.5) is 5.69 Å². The molecule has 31 heavy (non-hydrogen) atoms. The minimum Gasteiger partial charge on any atom is -0.497 e. The van der Waals surface area contributed by atoms with Crippen molar-refractivity contribution in [3.05, 3.63) is 92.4 Å². The van der Waals surface area contributed by atoms with Gasteiger partial charge in [-0.1, -0.05) is 62.2 Å². The Morgan fingerprint density at radius 2 is 1.84 bits per heavy atom. The number of carbonyl (C=O) groups excluding carboxylic acids is 2. The molecule has 1 atom stereocenters. The van der Waals surface area contributed by atoms with Crippen LogP contribution in [-0.2, 0) is 16.9 Å². The highest BCUT2D eigenvalue weighted by Gasteiger charge is 2.51. The number of rotatable bonds is 6. The first-order valence-electron chi connectivity index (χ1n) is 9.58. The van der Waals surface area contributed by atoms with Gasteiger partial charge in [0.2, 0.25) is 0 Å². The summed E-state index contributed by atoms with van der Waals surface area (Å²) in [6, 6.07) is 19.6. The number of Topliss-reactive ketones (excluding diaryl/α,β-unsaturated/α-hetero) is 1. The molecular weight excluding hydrogens is 526 g/mol. The molecule has 3 aromatic carbocycles. The Balaban J connectivity index is 1.72. The molecule has 1 heterocycles. The highest BCUT2D eigenvalue weighted by atomic mass is 79.9. The summed E-state index contributed by atoms with van der Waals surface area (Å²) in [5.41, 5.74) is 0.315. The zero-order valence-electron chi connectivity index (χ0n) is 16.6. The maximum atomic E-state index is 13.5. The molecule has 3 aromatic rings. The fourth-order valence-corrected chi connectivity index (χ4v) is 4.55. The predicted molar refractivity (Wildman–Crippen MR) is 125 cm³/mol. The van der Waals surface area contributed by atoms with E-state index >= 15 is 0 Å². The largest absolute Gasteiger partial charge is 0.497 e. The van der Waals surface area contributed by atoms with E-state index in [4.69, 9.17) is 4.74 Å². The average Bonchev–Trinajstić information content (AvgIpc) is 2.96. The third-order valence-corrected chi connectivity index (χ3v) is 6.66. The van der Waals surface area contributed by atoms with Gasteiger partial charge in [-0.25, -0.2) is 0 Å². The van der Waals surface area contributed by atoms with Crippen LogP contribution in [0.25, 0.3) is 0 Å². The molecule has 7 heteroatoms. The average molecular weight is 545 g/mol. The lowest BCUT2D eigenvalue weighted by molar-refractivity contribution is -0.136. The highest BCUT2D eigenvalue weighted by molar-refractivity contribution is 9.10. The SMILES string of the molecule is COc1cccc(C(=O)CC2(O)C(=O)N(Cc3ccccc3Br)c3ccc(Br)cc32)c1. The second-order valence-corrected chi connectivity index (χ2v) is 9.11. The number of aliphatic hydroxyl groups is 1. The van der Waals surface area contributed by atoms with Crippen LogP contribution in [0.2, 0.25) is 0 Å². The van der Waals surface area contributed by atoms with E-state index in [2.05, 4.69) is 31.9 Å². The lowest BCUT2D eigenvalue weighted by atomic mass is 9.88. The van der Waals surface area contributed by atoms with Crippen molar-refractivity contribution in [1.29, 1.82) is 0 Å². The van der Waals surface area contributed by atoms with Gasteiger partial charge >= 0.3 is 0 Å². The summed E-state index contributed by atoms with van der Waals surface area (Å²) < 4.78 is 6.77. The van der Waals surface area contributed by atoms with Crippen molar-refractivity contribution in [2.75, 3.05) is 12.0 Å². The van der Waals surface area contributed by atoms with Gasteiger partial charge in [0.15, 0.2) is 11.4 Å². The normalized spacial score (nSPS) is 17.5. The Labute approximate surface area is 196 Å². The Hall–Kier alpha value is -2.48. The Morgan fingerprint density at radius 3 is 2.58 bits per heavy atom. The van der Waals surface area contributed by atoms with Crippen LogP contribution in [0.1, 0.15) is 27.9 Å². The molecule has 0 aromatic heterocycles. The summed E-state index contributed by atoms with van der Waals surface area (Å²) in [5.74, 6) is -0.328. The van der Waals surface area contributed by atoms with Gasteiger partial charge in [-0.2, -0.15) is 0 Å². The second-order valence-electron chi connectivity index (χ2n) is 7.34. The fourth-order valence-electron chi connectivity index (χ4n) is 3.78. The zero-order valence-corrected chi connectivity index (χ0v) is 19.8. The number of carbonyl (C=O) groups is 2. The molecule has 0 saturated heterocycles. The molecule has 1 aliphatic heterocycles. The molecule has 1 amide bonds. The third kappa shape index (κ3) is 4.05. The number of methoxy groups -OCH3 is 1. The van der Waals surface area contributed by atoms with Crippen LogP contribution in [0.5, 0.6) is 5.75 Å². The maximum Gasteiger partial charge on any atom is 0.264 e. The van der Waals surface area contributed by atoms with E-state index < -0.39 is 11.5 Å². The summed E-state index contributed by atoms with van der Waals surface area (Å²) in [5, 5.41) is 11.5. The number of fused-ring (bicyclic) bond motifs is 1. The summed E-state index contributed by atoms with van der Waals surface area (Å²) in [4.78, 5) is 28.0. The molecule has 0 bridgehead atoms. The predicted octanol–water partition coefficient (Wildman–Crippen LogP) is 5.23. The minimum atomic E-state index is -1.96. The molecule has 0 spiro atoms. The first-order valence-corrected chi connectivity index (χ1v) is 11.2. The number of anilines is 1. The molecule has 1 aliphatic rings. The smallest absolute Gasteiger partial charge is 0.264 e. The lowest BCUT2D eigenvalue weighted by Gasteiger charge is -2.23. The van der Waals surface area contributed by atoms with E-state index in [1.54, 1.807) is 36.4 Å². The molecule has 5 nitrogen and oxygen atoms in total. The summed E-state index contributed by atoms with van der Waals surface area (Å²) >= 11 is 6.93. The maximum absolute atomic E-state index is 13.5. The number of halogens is 2. The van der Waals surface area contributed by atoms with Crippen molar-refractivity contribution >= 4 is 49.2 Å². The molecular formula is C24H19Br2NO4. The first-order chi connectivity index (χ1) is 14.8. The zero-order chi connectivity index (χ0) is 22.2. The fraction of sp³-hybridized carbons (Fsp3) is 0.167. The second kappa shape index (κ2) is 8.57. The van der Waals surface area contributed by atoms with E-state index in [9.17, 15) is 14.7 Å². The van der Waals surface area contributed by atoms with Gasteiger partial charge in [0.05, 0.1) is 25.8 Å². The van der Waals surface area contributed by atoms with Gasteiger partial charge in [0.25, 0.3) is 5.91 Å². The van der Waals surface area contributed by atoms with E-state index in [1.165, 1.54) is 12.0 Å². The molecule has 1 N–H and O–H groups in total. The van der Waals surface area contributed by atoms with Crippen molar-refractivity contribution in [1.82, 2.24) is 0 Å². The van der Waals surface area contributed by atoms with E-state index in [0.29, 0.717) is 27.0 Å². The van der Waals surface area contributed by atoms with E-state index in [0.717, 1.165) is 10.0 Å². The van der Waals surface area contributed by atoms with Crippen LogP contribution in [0.15, 0.2) is 75.7 Å². The Kier molecular flexibility index (Phi) is 6.01. The molecule has 0 radical (unpaired) electrons. The van der Waals surface area contributed by atoms with E-state index in [-0.39, 0.29) is 18.7 Å². The summed E-state index contributed by atoms with van der Waals surface area (Å²) in [6.45, 7) is 0.268. The number of ether oxygens (including phenoxy) is 1. The number of ketones is 1. The molecule has 1 unspecified atom stereocenters. The number of benzene rings is 3. The first kappa shape index (κ1) is 21.7. The Bertz CT molecular complexity index is 1180. The summed E-state index contributed by atoms with van der Waals surface area (Å²) in [6.07, 6.45) is -0.366. The van der Waals surface area contributed by atoms with Crippen molar-refractivity contribution in [3.63, 3.8) is 0 Å². The van der Waals surface area contributed by atoms with Crippen molar-refractivity contribution in [3.8, 4) is 5.75 Å². The van der Waals surface area contributed by atoms with Crippen LogP contribution < -0.4 is 9.64 Å². The van der Waals surface area contributed by atoms with Gasteiger partial charge in [-0.15, -0.1) is 0 Å². The van der Waals surface area contributed by atoms with Crippen LogP contribution in [-0.4, -0.2) is 23.9 Å². The topological polar surface area (TPSA) is 66.8 Å². The molecule has 0 fully saturated rings. The third-order valence-electron chi connectivity index (χ3n) is 5.39.